The number of hydrogen-bond acceptors (Lipinski definition) is 5. The molecule has 0 aromatic carbocycles. The number of rotatable bonds is 4. The first-order valence-electron chi connectivity index (χ1n) is 6.29. The van der Waals surface area contributed by atoms with E-state index in [-0.39, 0.29) is 17.5 Å². The van der Waals surface area contributed by atoms with E-state index in [0.717, 1.165) is 5.57 Å². The van der Waals surface area contributed by atoms with Gasteiger partial charge < -0.3 is 14.2 Å². The van der Waals surface area contributed by atoms with Crippen molar-refractivity contribution in [2.45, 2.75) is 31.7 Å². The van der Waals surface area contributed by atoms with Gasteiger partial charge in [-0.05, 0) is 26.3 Å². The van der Waals surface area contributed by atoms with E-state index >= 15 is 0 Å². The highest BCUT2D eigenvalue weighted by Crippen LogP contribution is 2.52. The minimum Gasteiger partial charge on any atom is -0.365 e. The van der Waals surface area contributed by atoms with Gasteiger partial charge >= 0.3 is 0 Å². The van der Waals surface area contributed by atoms with Gasteiger partial charge in [-0.3, -0.25) is 9.59 Å². The van der Waals surface area contributed by atoms with Crippen LogP contribution in [0.4, 0.5) is 0 Å². The Morgan fingerprint density at radius 2 is 1.84 bits per heavy atom. The van der Waals surface area contributed by atoms with Crippen LogP contribution in [-0.4, -0.2) is 44.3 Å². The van der Waals surface area contributed by atoms with Crippen LogP contribution in [0.25, 0.3) is 0 Å². The summed E-state index contributed by atoms with van der Waals surface area (Å²) in [6.45, 7) is 3.40. The fourth-order valence-corrected chi connectivity index (χ4v) is 3.56. The van der Waals surface area contributed by atoms with E-state index in [1.807, 2.05) is 6.92 Å². The van der Waals surface area contributed by atoms with Crippen LogP contribution >= 0.6 is 0 Å². The molecule has 0 amide bonds. The van der Waals surface area contributed by atoms with Gasteiger partial charge in [0.2, 0.25) is 11.6 Å². The number of ketones is 2. The van der Waals surface area contributed by atoms with E-state index < -0.39 is 17.3 Å². The highest BCUT2D eigenvalue weighted by Gasteiger charge is 2.67. The van der Waals surface area contributed by atoms with E-state index in [2.05, 4.69) is 0 Å². The topological polar surface area (TPSA) is 61.8 Å². The second-order valence-electron chi connectivity index (χ2n) is 5.24. The number of fused-ring (bicyclic) bond motifs is 2. The van der Waals surface area contributed by atoms with Crippen LogP contribution in [0.1, 0.15) is 20.3 Å². The van der Waals surface area contributed by atoms with Gasteiger partial charge in [0, 0.05) is 27.2 Å². The average molecular weight is 268 g/mol. The van der Waals surface area contributed by atoms with Gasteiger partial charge in [-0.25, -0.2) is 0 Å². The lowest BCUT2D eigenvalue weighted by Crippen LogP contribution is -2.70. The lowest BCUT2D eigenvalue weighted by molar-refractivity contribution is -0.257. The zero-order valence-corrected chi connectivity index (χ0v) is 12.0. The summed E-state index contributed by atoms with van der Waals surface area (Å²) in [5, 5.41) is 0. The maximum absolute atomic E-state index is 12.8. The SMILES string of the molecule is COC1(OC)C(=O)[C@@]2(OC)C=C(C)[C@@H]1C[C@@H]2C(C)=O. The highest BCUT2D eigenvalue weighted by molar-refractivity contribution is 6.03. The molecule has 0 N–H and O–H groups in total. The Morgan fingerprint density at radius 1 is 1.26 bits per heavy atom. The molecule has 106 valence electrons. The van der Waals surface area contributed by atoms with E-state index in [9.17, 15) is 9.59 Å². The van der Waals surface area contributed by atoms with Gasteiger partial charge in [0.15, 0.2) is 5.60 Å². The van der Waals surface area contributed by atoms with Crippen LogP contribution in [0.15, 0.2) is 11.6 Å². The molecule has 1 fully saturated rings. The highest BCUT2D eigenvalue weighted by atomic mass is 16.7. The summed E-state index contributed by atoms with van der Waals surface area (Å²) in [6.07, 6.45) is 2.25. The minimum absolute atomic E-state index is 0.0512. The maximum Gasteiger partial charge on any atom is 0.238 e. The number of hydrogen-bond donors (Lipinski definition) is 0. The van der Waals surface area contributed by atoms with Crippen molar-refractivity contribution in [2.24, 2.45) is 11.8 Å². The largest absolute Gasteiger partial charge is 0.365 e. The molecule has 3 rings (SSSR count). The first kappa shape index (κ1) is 14.4. The predicted octanol–water partition coefficient (Wildman–Crippen LogP) is 1.11. The number of carbonyl (C=O) groups is 2. The Bertz CT molecular complexity index is 449. The van der Waals surface area contributed by atoms with Gasteiger partial charge in [0.25, 0.3) is 0 Å². The second-order valence-corrected chi connectivity index (χ2v) is 5.24. The van der Waals surface area contributed by atoms with Crippen molar-refractivity contribution < 1.29 is 23.8 Å². The minimum atomic E-state index is -1.35. The van der Waals surface area contributed by atoms with Crippen molar-refractivity contribution in [2.75, 3.05) is 21.3 Å². The van der Waals surface area contributed by atoms with Crippen LogP contribution in [-0.2, 0) is 23.8 Å². The number of methoxy groups -OCH3 is 3. The third-order valence-electron chi connectivity index (χ3n) is 4.55. The fourth-order valence-electron chi connectivity index (χ4n) is 3.56. The van der Waals surface area contributed by atoms with Crippen LogP contribution in [0.2, 0.25) is 0 Å². The standard InChI is InChI=1S/C14H20O5/c1-8-7-13(17-3)11(9(2)15)6-10(8)14(18-4,19-5)12(13)16/h7,10-11H,6H2,1-5H3/t10-,11+,13+/m0/s1. The summed E-state index contributed by atoms with van der Waals surface area (Å²) < 4.78 is 16.3. The summed E-state index contributed by atoms with van der Waals surface area (Å²) >= 11 is 0. The Hall–Kier alpha value is -1.04. The lowest BCUT2D eigenvalue weighted by atomic mass is 9.58. The second kappa shape index (κ2) is 4.51. The van der Waals surface area contributed by atoms with Crippen LogP contribution in [0.5, 0.6) is 0 Å². The van der Waals surface area contributed by atoms with Crippen molar-refractivity contribution in [3.8, 4) is 0 Å². The van der Waals surface area contributed by atoms with Crippen LogP contribution in [0.3, 0.4) is 0 Å². The van der Waals surface area contributed by atoms with E-state index in [1.165, 1.54) is 28.3 Å². The third kappa shape index (κ3) is 1.58. The zero-order chi connectivity index (χ0) is 14.4. The molecule has 3 atom stereocenters. The number of ether oxygens (including phenoxy) is 3. The molecule has 0 unspecified atom stereocenters. The summed E-state index contributed by atoms with van der Waals surface area (Å²) in [6, 6.07) is 0. The van der Waals surface area contributed by atoms with Crippen molar-refractivity contribution >= 4 is 11.6 Å². The maximum atomic E-state index is 12.8. The molecular formula is C14H20O5. The smallest absolute Gasteiger partial charge is 0.238 e. The Labute approximate surface area is 112 Å². The molecular weight excluding hydrogens is 248 g/mol. The first-order chi connectivity index (χ1) is 8.89. The van der Waals surface area contributed by atoms with E-state index in [4.69, 9.17) is 14.2 Å². The number of Topliss-reactive ketones (excluding diaryl/α,β-unsaturated/α-hetero) is 2. The molecule has 2 bridgehead atoms. The first-order valence-corrected chi connectivity index (χ1v) is 6.29. The molecule has 3 aliphatic rings. The molecule has 0 aliphatic heterocycles. The summed E-state index contributed by atoms with van der Waals surface area (Å²) in [5.74, 6) is -2.45. The van der Waals surface area contributed by atoms with Crippen molar-refractivity contribution in [3.63, 3.8) is 0 Å². The summed E-state index contributed by atoms with van der Waals surface area (Å²) in [7, 11) is 4.34. The predicted molar refractivity (Wildman–Crippen MR) is 67.5 cm³/mol. The number of carbonyl (C=O) groups excluding carboxylic acids is 2. The normalized spacial score (nSPS) is 36.3. The molecule has 0 saturated heterocycles. The summed E-state index contributed by atoms with van der Waals surface area (Å²) in [5.41, 5.74) is -0.306. The molecule has 1 saturated carbocycles. The molecule has 19 heavy (non-hydrogen) atoms. The molecule has 5 heteroatoms. The third-order valence-corrected chi connectivity index (χ3v) is 4.55. The zero-order valence-electron chi connectivity index (χ0n) is 12.0. The van der Waals surface area contributed by atoms with Gasteiger partial charge in [-0.2, -0.15) is 0 Å². The Kier molecular flexibility index (Phi) is 3.41. The average Bonchev–Trinajstić information content (AvgIpc) is 2.40. The Morgan fingerprint density at radius 3 is 2.26 bits per heavy atom. The fraction of sp³-hybridized carbons (Fsp3) is 0.714. The molecule has 0 heterocycles. The molecule has 0 aromatic rings. The van der Waals surface area contributed by atoms with Gasteiger partial charge in [0.05, 0.1) is 5.92 Å². The molecule has 0 radical (unpaired) electrons. The van der Waals surface area contributed by atoms with Crippen LogP contribution < -0.4 is 0 Å². The van der Waals surface area contributed by atoms with Crippen molar-refractivity contribution in [1.29, 1.82) is 0 Å². The van der Waals surface area contributed by atoms with Crippen molar-refractivity contribution in [3.05, 3.63) is 11.6 Å². The monoisotopic (exact) mass is 268 g/mol. The van der Waals surface area contributed by atoms with Crippen molar-refractivity contribution in [1.82, 2.24) is 0 Å². The van der Waals surface area contributed by atoms with Crippen LogP contribution in [0, 0.1) is 11.8 Å². The summed E-state index contributed by atoms with van der Waals surface area (Å²) in [4.78, 5) is 24.7. The van der Waals surface area contributed by atoms with Gasteiger partial charge in [-0.1, -0.05) is 5.57 Å². The molecule has 5 nitrogen and oxygen atoms in total. The lowest BCUT2D eigenvalue weighted by Gasteiger charge is -2.54. The molecule has 3 aliphatic carbocycles. The van der Waals surface area contributed by atoms with Gasteiger partial charge in [-0.15, -0.1) is 0 Å². The quantitative estimate of drug-likeness (QED) is 0.564. The van der Waals surface area contributed by atoms with E-state index in [0.29, 0.717) is 6.42 Å². The molecule has 0 aromatic heterocycles. The van der Waals surface area contributed by atoms with Gasteiger partial charge in [0.1, 0.15) is 5.78 Å². The Balaban J connectivity index is 2.64. The molecule has 0 spiro atoms. The van der Waals surface area contributed by atoms with E-state index in [1.54, 1.807) is 6.08 Å².